The third kappa shape index (κ3) is 3.23. The van der Waals surface area contributed by atoms with E-state index < -0.39 is 12.1 Å². The van der Waals surface area contributed by atoms with Crippen LogP contribution in [-0.4, -0.2) is 48.2 Å². The van der Waals surface area contributed by atoms with Gasteiger partial charge in [0.25, 0.3) is 0 Å². The largest absolute Gasteiger partial charge is 0.481 e. The van der Waals surface area contributed by atoms with Gasteiger partial charge >= 0.3 is 5.97 Å². The summed E-state index contributed by atoms with van der Waals surface area (Å²) in [7, 11) is 1.73. The molecule has 0 amide bonds. The van der Waals surface area contributed by atoms with Crippen LogP contribution in [0.25, 0.3) is 0 Å². The van der Waals surface area contributed by atoms with Crippen molar-refractivity contribution in [2.75, 3.05) is 13.7 Å². The molecule has 0 aromatic rings. The normalized spacial score (nSPS) is 54.0. The maximum Gasteiger partial charge on any atom is 0.307 e. The lowest BCUT2D eigenvalue weighted by Gasteiger charge is -2.72. The van der Waals surface area contributed by atoms with Gasteiger partial charge in [0.05, 0.1) is 30.8 Å². The Bertz CT molecular complexity index is 974. The van der Waals surface area contributed by atoms with Crippen LogP contribution in [0.5, 0.6) is 0 Å². The molecule has 37 heavy (non-hydrogen) atoms. The molecule has 0 unspecified atom stereocenters. The van der Waals surface area contributed by atoms with Gasteiger partial charge in [-0.15, -0.1) is 0 Å². The molecule has 12 atom stereocenters. The molecule has 2 bridgehead atoms. The average molecular weight is 517 g/mol. The van der Waals surface area contributed by atoms with Gasteiger partial charge in [0.2, 0.25) is 0 Å². The SMILES string of the molecule is CO[C@@H]1C[C@]23C4=CC[C@@]5(C)[C@H](C(=O)O)[C@@](C)([C@H](C)C(C)C)CC[C@]5(C)[C@H]4CC[C@H]2[C@@](C)(CO[C@H]3C)[C@H]1O. The van der Waals surface area contributed by atoms with E-state index in [1.807, 2.05) is 0 Å². The van der Waals surface area contributed by atoms with Gasteiger partial charge in [-0.1, -0.05) is 60.1 Å². The summed E-state index contributed by atoms with van der Waals surface area (Å²) >= 11 is 0. The molecule has 1 heterocycles. The summed E-state index contributed by atoms with van der Waals surface area (Å²) in [5.41, 5.74) is 0.364. The van der Waals surface area contributed by atoms with Gasteiger partial charge in [0.1, 0.15) is 0 Å². The van der Waals surface area contributed by atoms with Crippen molar-refractivity contribution in [1.29, 1.82) is 0 Å². The van der Waals surface area contributed by atoms with Crippen molar-refractivity contribution in [3.8, 4) is 0 Å². The minimum atomic E-state index is -0.616. The van der Waals surface area contributed by atoms with Crippen LogP contribution in [0.1, 0.15) is 93.9 Å². The maximum absolute atomic E-state index is 13.2. The Morgan fingerprint density at radius 3 is 2.38 bits per heavy atom. The molecule has 5 aliphatic rings. The Morgan fingerprint density at radius 2 is 1.78 bits per heavy atom. The summed E-state index contributed by atoms with van der Waals surface area (Å²) in [6.45, 7) is 18.8. The zero-order valence-corrected chi connectivity index (χ0v) is 24.8. The van der Waals surface area contributed by atoms with Crippen LogP contribution in [0.4, 0.5) is 0 Å². The number of aliphatic hydroxyl groups is 1. The third-order valence-corrected chi connectivity index (χ3v) is 13.9. The van der Waals surface area contributed by atoms with Gasteiger partial charge in [-0.3, -0.25) is 4.79 Å². The molecule has 5 nitrogen and oxygen atoms in total. The first-order valence-electron chi connectivity index (χ1n) is 14.9. The van der Waals surface area contributed by atoms with E-state index in [9.17, 15) is 15.0 Å². The van der Waals surface area contributed by atoms with Gasteiger partial charge in [-0.05, 0) is 85.4 Å². The average Bonchev–Trinajstić information content (AvgIpc) is 2.84. The van der Waals surface area contributed by atoms with Crippen LogP contribution in [0.15, 0.2) is 11.6 Å². The van der Waals surface area contributed by atoms with E-state index in [1.165, 1.54) is 5.57 Å². The van der Waals surface area contributed by atoms with E-state index in [0.29, 0.717) is 30.3 Å². The summed E-state index contributed by atoms with van der Waals surface area (Å²) in [6.07, 6.45) is 7.51. The molecule has 1 aliphatic heterocycles. The Hall–Kier alpha value is -0.910. The fourth-order valence-corrected chi connectivity index (χ4v) is 11.1. The monoisotopic (exact) mass is 516 g/mol. The Kier molecular flexibility index (Phi) is 6.38. The number of methoxy groups -OCH3 is 1. The number of ether oxygens (including phenoxy) is 2. The van der Waals surface area contributed by atoms with Gasteiger partial charge in [-0.25, -0.2) is 0 Å². The molecule has 1 saturated heterocycles. The number of rotatable bonds is 4. The van der Waals surface area contributed by atoms with E-state index in [-0.39, 0.29) is 45.2 Å². The van der Waals surface area contributed by atoms with Crippen molar-refractivity contribution >= 4 is 5.97 Å². The highest BCUT2D eigenvalue weighted by Crippen LogP contribution is 2.75. The van der Waals surface area contributed by atoms with E-state index in [2.05, 4.69) is 61.5 Å². The fraction of sp³-hybridized carbons (Fsp3) is 0.906. The molecule has 0 spiro atoms. The highest BCUT2D eigenvalue weighted by atomic mass is 16.5. The number of aliphatic carboxylic acids is 1. The van der Waals surface area contributed by atoms with Crippen LogP contribution < -0.4 is 0 Å². The highest BCUT2D eigenvalue weighted by molar-refractivity contribution is 5.73. The number of hydrogen-bond donors (Lipinski definition) is 2. The van der Waals surface area contributed by atoms with Crippen LogP contribution in [0.2, 0.25) is 0 Å². The van der Waals surface area contributed by atoms with Crippen LogP contribution in [0.3, 0.4) is 0 Å². The lowest BCUT2D eigenvalue weighted by Crippen LogP contribution is -2.71. The maximum atomic E-state index is 13.2. The van der Waals surface area contributed by atoms with Crippen LogP contribution in [0, 0.1) is 56.7 Å². The third-order valence-electron chi connectivity index (χ3n) is 13.9. The number of carboxylic acids is 1. The summed E-state index contributed by atoms with van der Waals surface area (Å²) in [5, 5.41) is 22.2. The zero-order chi connectivity index (χ0) is 27.3. The zero-order valence-electron chi connectivity index (χ0n) is 24.8. The molecule has 4 aliphatic carbocycles. The predicted octanol–water partition coefficient (Wildman–Crippen LogP) is 6.34. The minimum Gasteiger partial charge on any atom is -0.481 e. The Balaban J connectivity index is 1.65. The molecule has 3 saturated carbocycles. The van der Waals surface area contributed by atoms with Crippen molar-refractivity contribution in [1.82, 2.24) is 0 Å². The minimum absolute atomic E-state index is 0.0582. The first-order chi connectivity index (χ1) is 17.1. The Morgan fingerprint density at radius 1 is 1.11 bits per heavy atom. The lowest BCUT2D eigenvalue weighted by molar-refractivity contribution is -0.277. The standard InChI is InChI=1S/C32H52O5/c1-18(2)19(3)28(5)14-15-30(7)21-10-11-24-29(6)17-37-20(4)32(24,16-23(36-9)26(29)33)22(21)12-13-31(30,8)25(28)27(34)35/h12,18-21,23-26,33H,10-11,13-17H2,1-9H3,(H,34,35)/t19-,20+,21+,23-,24+,25-,26+,28-,29-,30-,31+,32+/m1/s1. The van der Waals surface area contributed by atoms with E-state index >= 15 is 0 Å². The number of aliphatic hydroxyl groups excluding tert-OH is 1. The van der Waals surface area contributed by atoms with Crippen molar-refractivity contribution in [3.05, 3.63) is 11.6 Å². The first-order valence-corrected chi connectivity index (χ1v) is 14.9. The van der Waals surface area contributed by atoms with Crippen LogP contribution in [-0.2, 0) is 14.3 Å². The predicted molar refractivity (Wildman–Crippen MR) is 145 cm³/mol. The number of hydrogen-bond acceptors (Lipinski definition) is 4. The van der Waals surface area contributed by atoms with Crippen molar-refractivity contribution in [3.63, 3.8) is 0 Å². The fourth-order valence-electron chi connectivity index (χ4n) is 11.1. The lowest BCUT2D eigenvalue weighted by atomic mass is 9.34. The second kappa shape index (κ2) is 8.54. The van der Waals surface area contributed by atoms with Gasteiger partial charge in [0, 0.05) is 17.9 Å². The van der Waals surface area contributed by atoms with Crippen molar-refractivity contribution < 1.29 is 24.5 Å². The summed E-state index contributed by atoms with van der Waals surface area (Å²) in [4.78, 5) is 13.2. The van der Waals surface area contributed by atoms with Crippen molar-refractivity contribution in [2.45, 2.75) is 112 Å². The molecular weight excluding hydrogens is 464 g/mol. The molecule has 4 fully saturated rings. The van der Waals surface area contributed by atoms with Gasteiger partial charge in [0.15, 0.2) is 0 Å². The first kappa shape index (κ1) is 27.6. The second-order valence-electron chi connectivity index (χ2n) is 15.1. The smallest absolute Gasteiger partial charge is 0.307 e. The molecule has 0 aromatic heterocycles. The summed E-state index contributed by atoms with van der Waals surface area (Å²) < 4.78 is 12.5. The number of allylic oxidation sites excluding steroid dienone is 1. The number of carbonyl (C=O) groups is 1. The Labute approximate surface area is 224 Å². The van der Waals surface area contributed by atoms with Crippen LogP contribution >= 0.6 is 0 Å². The molecule has 5 rings (SSSR count). The molecule has 0 aromatic carbocycles. The molecule has 0 radical (unpaired) electrons. The quantitative estimate of drug-likeness (QED) is 0.427. The highest BCUT2D eigenvalue weighted by Gasteiger charge is 2.72. The molecule has 2 N–H and O–H groups in total. The topological polar surface area (TPSA) is 76.0 Å². The van der Waals surface area contributed by atoms with Crippen molar-refractivity contribution in [2.24, 2.45) is 56.7 Å². The summed E-state index contributed by atoms with van der Waals surface area (Å²) in [6, 6.07) is 0. The van der Waals surface area contributed by atoms with Gasteiger partial charge < -0.3 is 19.7 Å². The number of carboxylic acid groups (broad SMARTS) is 1. The number of fused-ring (bicyclic) bond motifs is 3. The molecule has 5 heteroatoms. The molecule has 210 valence electrons. The van der Waals surface area contributed by atoms with E-state index in [4.69, 9.17) is 9.47 Å². The van der Waals surface area contributed by atoms with E-state index in [1.54, 1.807) is 7.11 Å². The summed E-state index contributed by atoms with van der Waals surface area (Å²) in [5.74, 6) is 0.476. The molecular formula is C32H52O5. The van der Waals surface area contributed by atoms with E-state index in [0.717, 1.165) is 38.5 Å². The van der Waals surface area contributed by atoms with Gasteiger partial charge in [-0.2, -0.15) is 0 Å². The second-order valence-corrected chi connectivity index (χ2v) is 15.1.